The van der Waals surface area contributed by atoms with Gasteiger partial charge in [-0.3, -0.25) is 14.3 Å². The molecule has 2 heterocycles. The number of fused-ring (bicyclic) bond motifs is 1. The van der Waals surface area contributed by atoms with Crippen LogP contribution in [0, 0.1) is 4.77 Å². The molecule has 3 rings (SSSR count). The van der Waals surface area contributed by atoms with Gasteiger partial charge >= 0.3 is 5.69 Å². The lowest BCUT2D eigenvalue weighted by atomic mass is 10.1. The summed E-state index contributed by atoms with van der Waals surface area (Å²) in [5, 5.41) is 0. The van der Waals surface area contributed by atoms with Gasteiger partial charge in [-0.05, 0) is 36.3 Å². The highest BCUT2D eigenvalue weighted by atomic mass is 32.1. The second-order valence-electron chi connectivity index (χ2n) is 5.20. The summed E-state index contributed by atoms with van der Waals surface area (Å²) in [6.07, 6.45) is 0.702. The van der Waals surface area contributed by atoms with E-state index in [2.05, 4.69) is 9.97 Å². The maximum absolute atomic E-state index is 12.1. The molecule has 0 saturated heterocycles. The number of aromatic amines is 2. The molecule has 0 amide bonds. The summed E-state index contributed by atoms with van der Waals surface area (Å²) in [4.78, 5) is 29.0. The summed E-state index contributed by atoms with van der Waals surface area (Å²) in [7, 11) is 3.20. The van der Waals surface area contributed by atoms with Crippen molar-refractivity contribution in [2.45, 2.75) is 13.0 Å². The Hall–Kier alpha value is -2.61. The topological polar surface area (TPSA) is 84.8 Å². The van der Waals surface area contributed by atoms with Gasteiger partial charge in [0.05, 0.1) is 7.11 Å². The van der Waals surface area contributed by atoms with Crippen LogP contribution in [0.2, 0.25) is 0 Å². The number of H-pyrrole nitrogens is 2. The highest BCUT2D eigenvalue weighted by Gasteiger charge is 2.12. The van der Waals surface area contributed by atoms with Crippen molar-refractivity contribution in [2.75, 3.05) is 7.11 Å². The Bertz CT molecular complexity index is 1020. The van der Waals surface area contributed by atoms with Crippen molar-refractivity contribution in [3.05, 3.63) is 55.4 Å². The van der Waals surface area contributed by atoms with Crippen molar-refractivity contribution in [1.29, 1.82) is 0 Å². The Morgan fingerprint density at radius 3 is 2.52 bits per heavy atom. The van der Waals surface area contributed by atoms with E-state index in [9.17, 15) is 9.59 Å². The Morgan fingerprint density at radius 2 is 1.87 bits per heavy atom. The van der Waals surface area contributed by atoms with E-state index in [0.29, 0.717) is 28.9 Å². The number of hydrogen-bond donors (Lipinski definition) is 2. The van der Waals surface area contributed by atoms with Crippen LogP contribution >= 0.6 is 12.2 Å². The van der Waals surface area contributed by atoms with Crippen LogP contribution < -0.4 is 16.0 Å². The van der Waals surface area contributed by atoms with E-state index in [4.69, 9.17) is 17.0 Å². The molecule has 0 saturated carbocycles. The van der Waals surface area contributed by atoms with E-state index in [1.165, 1.54) is 4.57 Å². The molecule has 0 radical (unpaired) electrons. The third-order valence-corrected chi connectivity index (χ3v) is 4.15. The first-order chi connectivity index (χ1) is 11.0. The van der Waals surface area contributed by atoms with Crippen LogP contribution in [-0.4, -0.2) is 26.2 Å². The summed E-state index contributed by atoms with van der Waals surface area (Å²) in [6, 6.07) is 7.72. The SMILES string of the molecule is COc1ccc(CCn2c(=S)[nH]c3c2c(=O)[nH]c(=O)n3C)cc1. The fraction of sp³-hybridized carbons (Fsp3) is 0.267. The van der Waals surface area contributed by atoms with E-state index in [0.717, 1.165) is 11.3 Å². The molecule has 3 aromatic rings. The molecule has 0 fully saturated rings. The molecule has 23 heavy (non-hydrogen) atoms. The summed E-state index contributed by atoms with van der Waals surface area (Å²) in [5.74, 6) is 0.795. The molecule has 0 spiro atoms. The Balaban J connectivity index is 1.98. The molecule has 0 atom stereocenters. The molecule has 0 bridgehead atoms. The van der Waals surface area contributed by atoms with Gasteiger partial charge in [-0.1, -0.05) is 12.1 Å². The largest absolute Gasteiger partial charge is 0.497 e. The standard InChI is InChI=1S/C15H16N4O3S/c1-18-12-11(13(20)17-14(18)21)19(15(23)16-12)8-7-9-3-5-10(22-2)6-4-9/h3-6H,7-8H2,1-2H3,(H,16,23)(H,17,20,21). The van der Waals surface area contributed by atoms with Crippen LogP contribution in [-0.2, 0) is 20.0 Å². The lowest BCUT2D eigenvalue weighted by Crippen LogP contribution is -2.29. The minimum Gasteiger partial charge on any atom is -0.497 e. The van der Waals surface area contributed by atoms with Crippen LogP contribution in [0.3, 0.4) is 0 Å². The lowest BCUT2D eigenvalue weighted by Gasteiger charge is -2.06. The number of ether oxygens (including phenoxy) is 1. The predicted octanol–water partition coefficient (Wildman–Crippen LogP) is 1.34. The number of aromatic nitrogens is 4. The van der Waals surface area contributed by atoms with Crippen molar-refractivity contribution in [1.82, 2.24) is 19.1 Å². The first kappa shape index (κ1) is 15.3. The first-order valence-electron chi connectivity index (χ1n) is 7.06. The van der Waals surface area contributed by atoms with E-state index in [1.807, 2.05) is 24.3 Å². The van der Waals surface area contributed by atoms with Gasteiger partial charge in [-0.25, -0.2) is 4.79 Å². The van der Waals surface area contributed by atoms with Crippen molar-refractivity contribution < 1.29 is 4.74 Å². The van der Waals surface area contributed by atoms with Gasteiger partial charge < -0.3 is 14.3 Å². The molecule has 1 aromatic carbocycles. The van der Waals surface area contributed by atoms with Gasteiger partial charge in [-0.2, -0.15) is 0 Å². The average Bonchev–Trinajstić information content (AvgIpc) is 2.88. The normalized spacial score (nSPS) is 11.0. The van der Waals surface area contributed by atoms with Crippen molar-refractivity contribution in [2.24, 2.45) is 7.05 Å². The Morgan fingerprint density at radius 1 is 1.17 bits per heavy atom. The number of methoxy groups -OCH3 is 1. The fourth-order valence-corrected chi connectivity index (χ4v) is 2.80. The van der Waals surface area contributed by atoms with Gasteiger partial charge in [0.1, 0.15) is 11.4 Å². The molecule has 0 aliphatic heterocycles. The van der Waals surface area contributed by atoms with Crippen LogP contribution in [0.1, 0.15) is 5.56 Å². The summed E-state index contributed by atoms with van der Waals surface area (Å²) < 4.78 is 8.61. The monoisotopic (exact) mass is 332 g/mol. The Labute approximate surface area is 136 Å². The van der Waals surface area contributed by atoms with Crippen LogP contribution in [0.5, 0.6) is 5.75 Å². The van der Waals surface area contributed by atoms with Gasteiger partial charge in [0.15, 0.2) is 10.3 Å². The average molecular weight is 332 g/mol. The van der Waals surface area contributed by atoms with Gasteiger partial charge in [0.25, 0.3) is 5.56 Å². The van der Waals surface area contributed by atoms with E-state index in [-0.39, 0.29) is 0 Å². The van der Waals surface area contributed by atoms with E-state index in [1.54, 1.807) is 18.7 Å². The zero-order valence-corrected chi connectivity index (χ0v) is 13.6. The highest BCUT2D eigenvalue weighted by Crippen LogP contribution is 2.13. The molecule has 0 aliphatic carbocycles. The minimum atomic E-state index is -0.471. The zero-order chi connectivity index (χ0) is 16.6. The summed E-state index contributed by atoms with van der Waals surface area (Å²) in [5.41, 5.74) is 0.999. The number of imidazole rings is 1. The van der Waals surface area contributed by atoms with Crippen LogP contribution in [0.15, 0.2) is 33.9 Å². The molecule has 2 aromatic heterocycles. The molecule has 7 nitrogen and oxygen atoms in total. The van der Waals surface area contributed by atoms with E-state index < -0.39 is 11.2 Å². The number of hydrogen-bond acceptors (Lipinski definition) is 4. The third kappa shape index (κ3) is 2.72. The van der Waals surface area contributed by atoms with Crippen LogP contribution in [0.4, 0.5) is 0 Å². The summed E-state index contributed by atoms with van der Waals surface area (Å²) >= 11 is 5.29. The Kier molecular flexibility index (Phi) is 3.91. The fourth-order valence-electron chi connectivity index (χ4n) is 2.52. The molecule has 120 valence electrons. The van der Waals surface area contributed by atoms with E-state index >= 15 is 0 Å². The first-order valence-corrected chi connectivity index (χ1v) is 7.47. The maximum Gasteiger partial charge on any atom is 0.329 e. The number of aryl methyl sites for hydroxylation is 3. The molecular formula is C15H16N4O3S. The molecule has 2 N–H and O–H groups in total. The minimum absolute atomic E-state index is 0.380. The van der Waals surface area contributed by atoms with Crippen LogP contribution in [0.25, 0.3) is 11.2 Å². The molecule has 0 aliphatic rings. The summed E-state index contributed by atoms with van der Waals surface area (Å²) in [6.45, 7) is 0.534. The zero-order valence-electron chi connectivity index (χ0n) is 12.8. The smallest absolute Gasteiger partial charge is 0.329 e. The number of nitrogens with zero attached hydrogens (tertiary/aromatic N) is 2. The molecule has 0 unspecified atom stereocenters. The van der Waals surface area contributed by atoms with Crippen molar-refractivity contribution >= 4 is 23.4 Å². The molecular weight excluding hydrogens is 316 g/mol. The maximum atomic E-state index is 12.1. The lowest BCUT2D eigenvalue weighted by molar-refractivity contribution is 0.414. The number of rotatable bonds is 4. The van der Waals surface area contributed by atoms with Crippen molar-refractivity contribution in [3.63, 3.8) is 0 Å². The number of nitrogens with one attached hydrogen (secondary N) is 2. The quantitative estimate of drug-likeness (QED) is 0.706. The predicted molar refractivity (Wildman–Crippen MR) is 89.7 cm³/mol. The second kappa shape index (κ2) is 5.88. The van der Waals surface area contributed by atoms with Gasteiger partial charge in [0.2, 0.25) is 0 Å². The second-order valence-corrected chi connectivity index (χ2v) is 5.58. The van der Waals surface area contributed by atoms with Gasteiger partial charge in [-0.15, -0.1) is 0 Å². The van der Waals surface area contributed by atoms with Gasteiger partial charge in [0, 0.05) is 13.6 Å². The highest BCUT2D eigenvalue weighted by molar-refractivity contribution is 7.71. The molecule has 8 heteroatoms. The number of benzene rings is 1. The third-order valence-electron chi connectivity index (χ3n) is 3.82. The van der Waals surface area contributed by atoms with Crippen molar-refractivity contribution in [3.8, 4) is 5.75 Å².